The van der Waals surface area contributed by atoms with Crippen molar-refractivity contribution in [2.45, 2.75) is 26.2 Å². The van der Waals surface area contributed by atoms with Crippen molar-refractivity contribution < 1.29 is 23.4 Å². The Hall–Kier alpha value is -4.15. The summed E-state index contributed by atoms with van der Waals surface area (Å²) in [5, 5.41) is 6.12. The molecule has 0 radical (unpaired) electrons. The molecular formula is C30H31ClFN5O4. The summed E-state index contributed by atoms with van der Waals surface area (Å²) in [5.74, 6) is 1.47. The van der Waals surface area contributed by atoms with Gasteiger partial charge in [0.1, 0.15) is 17.9 Å². The van der Waals surface area contributed by atoms with E-state index in [1.807, 2.05) is 6.07 Å². The summed E-state index contributed by atoms with van der Waals surface area (Å²) >= 11 is 6.42. The normalized spacial score (nSPS) is 13.3. The molecule has 1 aromatic heterocycles. The number of carbonyl (C=O) groups excluding carboxylic acids is 1. The summed E-state index contributed by atoms with van der Waals surface area (Å²) in [5.41, 5.74) is 1.80. The van der Waals surface area contributed by atoms with E-state index in [2.05, 4.69) is 25.5 Å². The number of amides is 2. The first-order valence-corrected chi connectivity index (χ1v) is 13.8. The van der Waals surface area contributed by atoms with E-state index < -0.39 is 11.8 Å². The van der Waals surface area contributed by atoms with Crippen LogP contribution < -0.4 is 24.8 Å². The summed E-state index contributed by atoms with van der Waals surface area (Å²) in [6, 6.07) is 12.3. The quantitative estimate of drug-likeness (QED) is 0.194. The van der Waals surface area contributed by atoms with Crippen LogP contribution in [0.15, 0.2) is 54.9 Å². The van der Waals surface area contributed by atoms with Gasteiger partial charge in [0.2, 0.25) is 5.88 Å². The maximum atomic E-state index is 13.8. The second kappa shape index (κ2) is 13.0. The average molecular weight is 580 g/mol. The Morgan fingerprint density at radius 1 is 1.05 bits per heavy atom. The Morgan fingerprint density at radius 3 is 2.63 bits per heavy atom. The summed E-state index contributed by atoms with van der Waals surface area (Å²) in [7, 11) is 1.58. The number of fused-ring (bicyclic) bond motifs is 1. The predicted molar refractivity (Wildman–Crippen MR) is 157 cm³/mol. The van der Waals surface area contributed by atoms with Gasteiger partial charge in [0.15, 0.2) is 11.5 Å². The summed E-state index contributed by atoms with van der Waals surface area (Å²) in [6.45, 7) is 5.56. The van der Waals surface area contributed by atoms with Crippen LogP contribution in [0.5, 0.6) is 23.1 Å². The van der Waals surface area contributed by atoms with Crippen molar-refractivity contribution >= 4 is 39.9 Å². The number of aromatic nitrogens is 2. The highest BCUT2D eigenvalue weighted by molar-refractivity contribution is 6.34. The SMILES string of the molecule is COc1cc2c(Oc3ccc(NC(=O)Nc4ccc(C)c(F)c4)c(Cl)c3)ncnc2cc1OCCCN1CCCC1. The molecule has 2 N–H and O–H groups in total. The van der Waals surface area contributed by atoms with E-state index in [1.165, 1.54) is 25.2 Å². The predicted octanol–water partition coefficient (Wildman–Crippen LogP) is 7.04. The summed E-state index contributed by atoms with van der Waals surface area (Å²) < 4.78 is 31.4. The second-order valence-electron chi connectivity index (χ2n) is 9.74. The van der Waals surface area contributed by atoms with Crippen LogP contribution >= 0.6 is 11.6 Å². The van der Waals surface area contributed by atoms with Crippen LogP contribution in [0.2, 0.25) is 5.02 Å². The van der Waals surface area contributed by atoms with Crippen LogP contribution in [-0.2, 0) is 0 Å². The van der Waals surface area contributed by atoms with Gasteiger partial charge in [-0.25, -0.2) is 19.2 Å². The van der Waals surface area contributed by atoms with E-state index in [-0.39, 0.29) is 5.02 Å². The van der Waals surface area contributed by atoms with Gasteiger partial charge in [-0.3, -0.25) is 0 Å². The minimum absolute atomic E-state index is 0.244. The third-order valence-electron chi connectivity index (χ3n) is 6.79. The molecule has 4 aromatic rings. The Kier molecular flexibility index (Phi) is 9.01. The topological polar surface area (TPSA) is 97.8 Å². The van der Waals surface area contributed by atoms with E-state index >= 15 is 0 Å². The highest BCUT2D eigenvalue weighted by Gasteiger charge is 2.15. The Bertz CT molecular complexity index is 1550. The molecule has 3 aromatic carbocycles. The number of anilines is 2. The van der Waals surface area contributed by atoms with Crippen LogP contribution in [0.3, 0.4) is 0 Å². The van der Waals surface area contributed by atoms with Crippen molar-refractivity contribution in [1.29, 1.82) is 0 Å². The highest BCUT2D eigenvalue weighted by Crippen LogP contribution is 2.37. The van der Waals surface area contributed by atoms with Crippen LogP contribution in [0.1, 0.15) is 24.8 Å². The van der Waals surface area contributed by atoms with Crippen molar-refractivity contribution in [3.63, 3.8) is 0 Å². The first-order chi connectivity index (χ1) is 19.9. The van der Waals surface area contributed by atoms with Gasteiger partial charge >= 0.3 is 6.03 Å². The molecule has 5 rings (SSSR count). The molecule has 2 amide bonds. The third-order valence-corrected chi connectivity index (χ3v) is 7.10. The standard InChI is InChI=1S/C30H31ClFN5O4/c1-19-6-7-20(14-24(19)32)35-30(38)36-25-9-8-21(15-23(25)31)41-29-22-16-27(39-2)28(17-26(22)33-18-34-29)40-13-5-12-37-10-3-4-11-37/h6-9,14-18H,3-5,10-13H2,1-2H3,(H2,35,36,38). The van der Waals surface area contributed by atoms with Crippen LogP contribution in [0.25, 0.3) is 10.9 Å². The number of methoxy groups -OCH3 is 1. The number of nitrogens with zero attached hydrogens (tertiary/aromatic N) is 3. The molecule has 1 aliphatic heterocycles. The smallest absolute Gasteiger partial charge is 0.323 e. The van der Waals surface area contributed by atoms with Crippen molar-refractivity contribution in [3.05, 3.63) is 71.3 Å². The Labute approximate surface area is 242 Å². The van der Waals surface area contributed by atoms with E-state index in [9.17, 15) is 9.18 Å². The molecule has 11 heteroatoms. The zero-order valence-electron chi connectivity index (χ0n) is 22.9. The first kappa shape index (κ1) is 28.4. The van der Waals surface area contributed by atoms with E-state index in [0.717, 1.165) is 26.1 Å². The van der Waals surface area contributed by atoms with E-state index in [4.69, 9.17) is 25.8 Å². The fourth-order valence-corrected chi connectivity index (χ4v) is 4.82. The molecule has 9 nitrogen and oxygen atoms in total. The van der Waals surface area contributed by atoms with Crippen LogP contribution in [-0.4, -0.2) is 54.2 Å². The number of nitrogens with one attached hydrogen (secondary N) is 2. The van der Waals surface area contributed by atoms with Gasteiger partial charge in [0.25, 0.3) is 0 Å². The lowest BCUT2D eigenvalue weighted by Crippen LogP contribution is -2.21. The zero-order valence-corrected chi connectivity index (χ0v) is 23.6. The van der Waals surface area contributed by atoms with Gasteiger partial charge < -0.3 is 29.7 Å². The number of likely N-dealkylation sites (tertiary alicyclic amines) is 1. The molecular weight excluding hydrogens is 549 g/mol. The average Bonchev–Trinajstić information content (AvgIpc) is 3.48. The number of ether oxygens (including phenoxy) is 3. The largest absolute Gasteiger partial charge is 0.493 e. The van der Waals surface area contributed by atoms with Crippen LogP contribution in [0, 0.1) is 12.7 Å². The number of hydrogen-bond acceptors (Lipinski definition) is 7. The van der Waals surface area contributed by atoms with E-state index in [1.54, 1.807) is 50.4 Å². The molecule has 1 fully saturated rings. The lowest BCUT2D eigenvalue weighted by molar-refractivity contribution is 0.254. The van der Waals surface area contributed by atoms with Crippen molar-refractivity contribution in [1.82, 2.24) is 14.9 Å². The third kappa shape index (κ3) is 7.14. The van der Waals surface area contributed by atoms with Crippen molar-refractivity contribution in [3.8, 4) is 23.1 Å². The fourth-order valence-electron chi connectivity index (χ4n) is 4.60. The van der Waals surface area contributed by atoms with Gasteiger partial charge in [-0.2, -0.15) is 0 Å². The monoisotopic (exact) mass is 579 g/mol. The molecule has 0 bridgehead atoms. The lowest BCUT2D eigenvalue weighted by atomic mass is 10.2. The number of halogens is 2. The van der Waals surface area contributed by atoms with Crippen molar-refractivity contribution in [2.24, 2.45) is 0 Å². The number of benzene rings is 3. The van der Waals surface area contributed by atoms with E-state index in [0.29, 0.717) is 57.6 Å². The Balaban J connectivity index is 1.25. The van der Waals surface area contributed by atoms with Gasteiger partial charge in [-0.1, -0.05) is 17.7 Å². The lowest BCUT2D eigenvalue weighted by Gasteiger charge is -2.16. The first-order valence-electron chi connectivity index (χ1n) is 13.4. The van der Waals surface area contributed by atoms with Crippen LogP contribution in [0.4, 0.5) is 20.6 Å². The molecule has 0 spiro atoms. The molecule has 2 heterocycles. The molecule has 0 atom stereocenters. The Morgan fingerprint density at radius 2 is 1.88 bits per heavy atom. The maximum Gasteiger partial charge on any atom is 0.323 e. The summed E-state index contributed by atoms with van der Waals surface area (Å²) in [6.07, 6.45) is 4.88. The molecule has 0 aliphatic carbocycles. The summed E-state index contributed by atoms with van der Waals surface area (Å²) in [4.78, 5) is 23.5. The van der Waals surface area contributed by atoms with Gasteiger partial charge in [-0.15, -0.1) is 0 Å². The van der Waals surface area contributed by atoms with Gasteiger partial charge in [0.05, 0.1) is 35.3 Å². The minimum atomic E-state index is -0.563. The molecule has 41 heavy (non-hydrogen) atoms. The van der Waals surface area contributed by atoms with Gasteiger partial charge in [0, 0.05) is 24.4 Å². The number of rotatable bonds is 10. The molecule has 0 saturated carbocycles. The molecule has 1 aliphatic rings. The number of urea groups is 1. The zero-order chi connectivity index (χ0) is 28.8. The number of aryl methyl sites for hydroxylation is 1. The number of carbonyl (C=O) groups is 1. The maximum absolute atomic E-state index is 13.8. The minimum Gasteiger partial charge on any atom is -0.493 e. The molecule has 1 saturated heterocycles. The second-order valence-corrected chi connectivity index (χ2v) is 10.1. The molecule has 0 unspecified atom stereocenters. The molecule has 214 valence electrons. The number of hydrogen-bond donors (Lipinski definition) is 2. The fraction of sp³-hybridized carbons (Fsp3) is 0.300. The highest BCUT2D eigenvalue weighted by atomic mass is 35.5. The van der Waals surface area contributed by atoms with Gasteiger partial charge in [-0.05, 0) is 75.2 Å². The van der Waals surface area contributed by atoms with Crippen molar-refractivity contribution in [2.75, 3.05) is 44.0 Å².